The van der Waals surface area contributed by atoms with Crippen LogP contribution in [0.25, 0.3) is 0 Å². The maximum absolute atomic E-state index is 5.32. The maximum atomic E-state index is 5.32. The van der Waals surface area contributed by atoms with Crippen molar-refractivity contribution in [2.24, 2.45) is 0 Å². The molecule has 1 aromatic carbocycles. The van der Waals surface area contributed by atoms with E-state index in [1.165, 1.54) is 15.3 Å². The molecular weight excluding hydrogens is 324 g/mol. The predicted octanol–water partition coefficient (Wildman–Crippen LogP) is 4.87. The second-order valence-electron chi connectivity index (χ2n) is 4.38. The Kier molecular flexibility index (Phi) is 4.53. The number of methoxy groups -OCH3 is 2. The third kappa shape index (κ3) is 3.12. The van der Waals surface area contributed by atoms with E-state index in [9.17, 15) is 0 Å². The molecule has 0 fully saturated rings. The lowest BCUT2D eigenvalue weighted by Crippen LogP contribution is -1.96. The number of ether oxygens (including phenoxy) is 2. The summed E-state index contributed by atoms with van der Waals surface area (Å²) in [6, 6.07) is 8.18. The van der Waals surface area contributed by atoms with Crippen LogP contribution in [0.4, 0.5) is 0 Å². The first kappa shape index (κ1) is 14.4. The number of hydrogen-bond acceptors (Lipinski definition) is 3. The van der Waals surface area contributed by atoms with Gasteiger partial charge >= 0.3 is 0 Å². The van der Waals surface area contributed by atoms with Crippen LogP contribution in [0, 0.1) is 13.8 Å². The first-order valence-corrected chi connectivity index (χ1v) is 7.72. The van der Waals surface area contributed by atoms with Crippen LogP contribution in [0.5, 0.6) is 11.5 Å². The Balaban J connectivity index is 2.43. The van der Waals surface area contributed by atoms with E-state index in [-0.39, 0.29) is 4.83 Å². The fourth-order valence-corrected chi connectivity index (χ4v) is 3.91. The van der Waals surface area contributed by atoms with Gasteiger partial charge in [-0.1, -0.05) is 15.9 Å². The Bertz CT molecular complexity index is 555. The minimum absolute atomic E-state index is 0.154. The van der Waals surface area contributed by atoms with Gasteiger partial charge in [-0.3, -0.25) is 0 Å². The highest BCUT2D eigenvalue weighted by Gasteiger charge is 2.16. The number of thiophene rings is 1. The molecule has 0 amide bonds. The van der Waals surface area contributed by atoms with Gasteiger partial charge in [0.15, 0.2) is 0 Å². The third-order valence-electron chi connectivity index (χ3n) is 3.02. The zero-order chi connectivity index (χ0) is 14.0. The minimum atomic E-state index is 0.154. The molecule has 2 nitrogen and oxygen atoms in total. The summed E-state index contributed by atoms with van der Waals surface area (Å²) in [6.45, 7) is 4.28. The summed E-state index contributed by atoms with van der Waals surface area (Å²) >= 11 is 5.60. The number of benzene rings is 1. The lowest BCUT2D eigenvalue weighted by molar-refractivity contribution is 0.393. The molecule has 0 saturated carbocycles. The molecule has 2 rings (SSSR count). The second kappa shape index (κ2) is 5.97. The van der Waals surface area contributed by atoms with Gasteiger partial charge in [-0.2, -0.15) is 0 Å². The van der Waals surface area contributed by atoms with Crippen LogP contribution in [0.15, 0.2) is 24.3 Å². The Morgan fingerprint density at radius 1 is 1.00 bits per heavy atom. The van der Waals surface area contributed by atoms with Crippen molar-refractivity contribution in [3.63, 3.8) is 0 Å². The Morgan fingerprint density at radius 2 is 1.58 bits per heavy atom. The summed E-state index contributed by atoms with van der Waals surface area (Å²) < 4.78 is 10.6. The first-order chi connectivity index (χ1) is 9.05. The van der Waals surface area contributed by atoms with Crippen molar-refractivity contribution >= 4 is 27.3 Å². The minimum Gasteiger partial charge on any atom is -0.497 e. The molecule has 4 heteroatoms. The van der Waals surface area contributed by atoms with Crippen LogP contribution >= 0.6 is 27.3 Å². The van der Waals surface area contributed by atoms with E-state index in [1.807, 2.05) is 29.5 Å². The number of halogens is 1. The lowest BCUT2D eigenvalue weighted by Gasteiger charge is -2.13. The van der Waals surface area contributed by atoms with Gasteiger partial charge < -0.3 is 9.47 Å². The van der Waals surface area contributed by atoms with Gasteiger partial charge in [0.1, 0.15) is 11.5 Å². The Morgan fingerprint density at radius 3 is 2.00 bits per heavy atom. The molecule has 1 unspecified atom stereocenters. The monoisotopic (exact) mass is 340 g/mol. The molecule has 0 saturated heterocycles. The lowest BCUT2D eigenvalue weighted by atomic mass is 10.0. The molecule has 1 heterocycles. The summed E-state index contributed by atoms with van der Waals surface area (Å²) in [4.78, 5) is 2.81. The van der Waals surface area contributed by atoms with Crippen molar-refractivity contribution in [3.8, 4) is 11.5 Å². The molecule has 0 radical (unpaired) electrons. The van der Waals surface area contributed by atoms with Crippen molar-refractivity contribution < 1.29 is 9.47 Å². The zero-order valence-electron chi connectivity index (χ0n) is 11.5. The largest absolute Gasteiger partial charge is 0.497 e. The molecule has 0 aliphatic carbocycles. The van der Waals surface area contributed by atoms with E-state index in [1.54, 1.807) is 14.2 Å². The second-order valence-corrected chi connectivity index (χ2v) is 6.75. The predicted molar refractivity (Wildman–Crippen MR) is 84.1 cm³/mol. The van der Waals surface area contributed by atoms with Gasteiger partial charge in [-0.15, -0.1) is 11.3 Å². The maximum Gasteiger partial charge on any atom is 0.122 e. The van der Waals surface area contributed by atoms with Gasteiger partial charge in [-0.25, -0.2) is 0 Å². The SMILES string of the molecule is COc1cc(OC)cc(C(Br)c2cc(C)sc2C)c1. The standard InChI is InChI=1S/C15H17BrO2S/c1-9-5-14(10(2)19-9)15(16)11-6-12(17-3)8-13(7-11)18-4/h5-8,15H,1-4H3. The number of hydrogen-bond donors (Lipinski definition) is 0. The number of alkyl halides is 1. The Labute approximate surface area is 126 Å². The molecule has 0 aliphatic rings. The summed E-state index contributed by atoms with van der Waals surface area (Å²) in [6.07, 6.45) is 0. The molecule has 102 valence electrons. The molecule has 2 aromatic rings. The average molecular weight is 341 g/mol. The van der Waals surface area contributed by atoms with Gasteiger partial charge in [0, 0.05) is 15.8 Å². The molecule has 0 spiro atoms. The van der Waals surface area contributed by atoms with E-state index in [0.717, 1.165) is 17.1 Å². The van der Waals surface area contributed by atoms with Crippen molar-refractivity contribution in [1.82, 2.24) is 0 Å². The molecule has 1 aromatic heterocycles. The van der Waals surface area contributed by atoms with E-state index in [0.29, 0.717) is 0 Å². The van der Waals surface area contributed by atoms with E-state index in [2.05, 4.69) is 35.8 Å². The van der Waals surface area contributed by atoms with Crippen molar-refractivity contribution in [3.05, 3.63) is 45.1 Å². The summed E-state index contributed by atoms with van der Waals surface area (Å²) in [5.41, 5.74) is 2.44. The quantitative estimate of drug-likeness (QED) is 0.739. The molecule has 0 bridgehead atoms. The average Bonchev–Trinajstić information content (AvgIpc) is 2.76. The highest BCUT2D eigenvalue weighted by atomic mass is 79.9. The fourth-order valence-electron chi connectivity index (χ4n) is 2.06. The van der Waals surface area contributed by atoms with Crippen LogP contribution in [-0.2, 0) is 0 Å². The summed E-state index contributed by atoms with van der Waals surface area (Å²) in [5, 5.41) is 0. The summed E-state index contributed by atoms with van der Waals surface area (Å²) in [7, 11) is 3.34. The van der Waals surface area contributed by atoms with Crippen LogP contribution in [0.3, 0.4) is 0 Å². The molecule has 19 heavy (non-hydrogen) atoms. The fraction of sp³-hybridized carbons (Fsp3) is 0.333. The Hall–Kier alpha value is -1.00. The highest BCUT2D eigenvalue weighted by molar-refractivity contribution is 9.09. The summed E-state index contributed by atoms with van der Waals surface area (Å²) in [5.74, 6) is 1.62. The van der Waals surface area contributed by atoms with Gasteiger partial charge in [0.05, 0.1) is 19.0 Å². The third-order valence-corrected chi connectivity index (χ3v) is 5.02. The zero-order valence-corrected chi connectivity index (χ0v) is 13.9. The first-order valence-electron chi connectivity index (χ1n) is 5.99. The van der Waals surface area contributed by atoms with Crippen LogP contribution in [0.1, 0.15) is 25.7 Å². The van der Waals surface area contributed by atoms with Gasteiger partial charge in [-0.05, 0) is 43.2 Å². The van der Waals surface area contributed by atoms with E-state index >= 15 is 0 Å². The molecule has 1 atom stereocenters. The normalized spacial score (nSPS) is 12.3. The van der Waals surface area contributed by atoms with Gasteiger partial charge in [0.2, 0.25) is 0 Å². The number of rotatable bonds is 4. The van der Waals surface area contributed by atoms with Crippen LogP contribution in [-0.4, -0.2) is 14.2 Å². The molecule has 0 aliphatic heterocycles. The molecular formula is C15H17BrO2S. The smallest absolute Gasteiger partial charge is 0.122 e. The van der Waals surface area contributed by atoms with E-state index in [4.69, 9.17) is 9.47 Å². The van der Waals surface area contributed by atoms with Crippen LogP contribution in [0.2, 0.25) is 0 Å². The van der Waals surface area contributed by atoms with Crippen molar-refractivity contribution in [2.75, 3.05) is 14.2 Å². The molecule has 0 N–H and O–H groups in total. The highest BCUT2D eigenvalue weighted by Crippen LogP contribution is 2.39. The topological polar surface area (TPSA) is 18.5 Å². The van der Waals surface area contributed by atoms with Crippen LogP contribution < -0.4 is 9.47 Å². The number of aryl methyl sites for hydroxylation is 2. The van der Waals surface area contributed by atoms with Crippen molar-refractivity contribution in [2.45, 2.75) is 18.7 Å². The van der Waals surface area contributed by atoms with Gasteiger partial charge in [0.25, 0.3) is 0 Å². The van der Waals surface area contributed by atoms with E-state index < -0.39 is 0 Å². The van der Waals surface area contributed by atoms with Crippen molar-refractivity contribution in [1.29, 1.82) is 0 Å².